The molecule has 2 rings (SSSR count). The molecule has 4 nitrogen and oxygen atoms in total. The Morgan fingerprint density at radius 1 is 1.42 bits per heavy atom. The lowest BCUT2D eigenvalue weighted by atomic mass is 9.93. The molecule has 2 atom stereocenters. The van der Waals surface area contributed by atoms with Gasteiger partial charge in [-0.2, -0.15) is 5.10 Å². The van der Waals surface area contributed by atoms with Gasteiger partial charge in [0.1, 0.15) is 0 Å². The van der Waals surface area contributed by atoms with Gasteiger partial charge >= 0.3 is 0 Å². The Kier molecular flexibility index (Phi) is 5.25. The first-order valence-electron chi connectivity index (χ1n) is 7.26. The second kappa shape index (κ2) is 6.73. The molecule has 1 fully saturated rings. The van der Waals surface area contributed by atoms with Crippen molar-refractivity contribution < 1.29 is 4.74 Å². The van der Waals surface area contributed by atoms with Gasteiger partial charge in [0, 0.05) is 12.6 Å². The first kappa shape index (κ1) is 14.8. The van der Waals surface area contributed by atoms with Gasteiger partial charge in [0.25, 0.3) is 0 Å². The molecule has 2 N–H and O–H groups in total. The van der Waals surface area contributed by atoms with Crippen LogP contribution in [-0.2, 0) is 24.3 Å². The molecule has 5 heteroatoms. The van der Waals surface area contributed by atoms with Crippen molar-refractivity contribution in [3.8, 4) is 0 Å². The first-order chi connectivity index (χ1) is 9.15. The maximum absolute atomic E-state index is 6.37. The van der Waals surface area contributed by atoms with Gasteiger partial charge in [0.05, 0.1) is 29.1 Å². The predicted octanol–water partition coefficient (Wildman–Crippen LogP) is 2.91. The number of aromatic nitrogens is 2. The van der Waals surface area contributed by atoms with Crippen LogP contribution < -0.4 is 5.73 Å². The molecule has 0 saturated heterocycles. The zero-order chi connectivity index (χ0) is 13.8. The fraction of sp³-hybridized carbons (Fsp3) is 0.786. The monoisotopic (exact) mass is 285 g/mol. The average molecular weight is 286 g/mol. The molecule has 1 heterocycles. The summed E-state index contributed by atoms with van der Waals surface area (Å²) in [5.41, 5.74) is 7.94. The summed E-state index contributed by atoms with van der Waals surface area (Å²) in [6.45, 7) is 5.50. The summed E-state index contributed by atoms with van der Waals surface area (Å²) in [5.74, 6) is 0. The van der Waals surface area contributed by atoms with E-state index in [4.69, 9.17) is 22.1 Å². The first-order valence-corrected chi connectivity index (χ1v) is 7.64. The molecule has 0 radical (unpaired) electrons. The smallest absolute Gasteiger partial charge is 0.0903 e. The molecule has 0 bridgehead atoms. The summed E-state index contributed by atoms with van der Waals surface area (Å²) < 4.78 is 7.94. The number of nitrogens with two attached hydrogens (primary N) is 1. The summed E-state index contributed by atoms with van der Waals surface area (Å²) in [5, 5.41) is 5.27. The fourth-order valence-corrected chi connectivity index (χ4v) is 3.01. The fourth-order valence-electron chi connectivity index (χ4n) is 2.68. The Bertz CT molecular complexity index is 419. The van der Waals surface area contributed by atoms with Crippen molar-refractivity contribution in [2.75, 3.05) is 0 Å². The second-order valence-electron chi connectivity index (χ2n) is 5.24. The number of ether oxygens (including phenoxy) is 1. The maximum atomic E-state index is 6.37. The summed E-state index contributed by atoms with van der Waals surface area (Å²) in [7, 11) is 0. The van der Waals surface area contributed by atoms with E-state index in [9.17, 15) is 0 Å². The number of halogens is 1. The van der Waals surface area contributed by atoms with E-state index in [0.29, 0.717) is 6.61 Å². The third-order valence-electron chi connectivity index (χ3n) is 3.82. The van der Waals surface area contributed by atoms with Crippen LogP contribution in [0.5, 0.6) is 0 Å². The molecule has 2 unspecified atom stereocenters. The van der Waals surface area contributed by atoms with Gasteiger partial charge in [-0.15, -0.1) is 0 Å². The molecular weight excluding hydrogens is 262 g/mol. The van der Waals surface area contributed by atoms with Crippen molar-refractivity contribution in [3.63, 3.8) is 0 Å². The zero-order valence-electron chi connectivity index (χ0n) is 11.9. The van der Waals surface area contributed by atoms with E-state index < -0.39 is 0 Å². The molecule has 1 aromatic rings. The van der Waals surface area contributed by atoms with E-state index in [1.807, 2.05) is 4.68 Å². The van der Waals surface area contributed by atoms with E-state index >= 15 is 0 Å². The highest BCUT2D eigenvalue weighted by Gasteiger charge is 2.21. The van der Waals surface area contributed by atoms with E-state index in [1.165, 1.54) is 0 Å². The third-order valence-corrected chi connectivity index (χ3v) is 4.25. The minimum Gasteiger partial charge on any atom is -0.372 e. The van der Waals surface area contributed by atoms with Crippen molar-refractivity contribution in [1.82, 2.24) is 9.78 Å². The molecule has 1 saturated carbocycles. The highest BCUT2D eigenvalue weighted by molar-refractivity contribution is 6.31. The van der Waals surface area contributed by atoms with Crippen LogP contribution in [0.15, 0.2) is 0 Å². The topological polar surface area (TPSA) is 53.1 Å². The molecule has 0 aliphatic heterocycles. The van der Waals surface area contributed by atoms with E-state index in [1.54, 1.807) is 0 Å². The lowest BCUT2D eigenvalue weighted by Crippen LogP contribution is -2.32. The zero-order valence-corrected chi connectivity index (χ0v) is 12.6. The standard InChI is InChI=1S/C14H24ClN3O/c1-3-12-14(15)13(18(4-2)17-12)9-19-11-7-5-6-10(16)8-11/h10-11H,3-9,16H2,1-2H3. The molecule has 1 aliphatic carbocycles. The van der Waals surface area contributed by atoms with Crippen molar-refractivity contribution in [2.24, 2.45) is 5.73 Å². The molecule has 0 amide bonds. The van der Waals surface area contributed by atoms with Crippen LogP contribution in [0.2, 0.25) is 5.02 Å². The van der Waals surface area contributed by atoms with Gasteiger partial charge in [-0.1, -0.05) is 18.5 Å². The predicted molar refractivity (Wildman–Crippen MR) is 77.3 cm³/mol. The van der Waals surface area contributed by atoms with Gasteiger partial charge < -0.3 is 10.5 Å². The van der Waals surface area contributed by atoms with Gasteiger partial charge in [-0.25, -0.2) is 0 Å². The Morgan fingerprint density at radius 3 is 2.84 bits per heavy atom. The summed E-state index contributed by atoms with van der Waals surface area (Å²) in [6.07, 6.45) is 5.46. The van der Waals surface area contributed by atoms with Crippen LogP contribution in [0.3, 0.4) is 0 Å². The number of hydrogen-bond donors (Lipinski definition) is 1. The molecule has 1 aliphatic rings. The van der Waals surface area contributed by atoms with Gasteiger partial charge in [-0.3, -0.25) is 4.68 Å². The Labute approximate surface area is 120 Å². The lowest BCUT2D eigenvalue weighted by Gasteiger charge is -2.26. The van der Waals surface area contributed by atoms with Crippen LogP contribution >= 0.6 is 11.6 Å². The van der Waals surface area contributed by atoms with Crippen molar-refractivity contribution in [2.45, 2.75) is 71.2 Å². The van der Waals surface area contributed by atoms with E-state index in [0.717, 1.165) is 55.1 Å². The van der Waals surface area contributed by atoms with Gasteiger partial charge in [-0.05, 0) is 39.0 Å². The molecule has 108 valence electrons. The normalized spacial score (nSPS) is 23.8. The molecule has 0 aromatic carbocycles. The van der Waals surface area contributed by atoms with Gasteiger partial charge in [0.2, 0.25) is 0 Å². The van der Waals surface area contributed by atoms with E-state index in [-0.39, 0.29) is 12.1 Å². The van der Waals surface area contributed by atoms with Crippen molar-refractivity contribution >= 4 is 11.6 Å². The Balaban J connectivity index is 2.00. The number of hydrogen-bond acceptors (Lipinski definition) is 3. The third kappa shape index (κ3) is 3.50. The van der Waals surface area contributed by atoms with E-state index in [2.05, 4.69) is 18.9 Å². The SMILES string of the molecule is CCc1nn(CC)c(COC2CCCC(N)C2)c1Cl. The highest BCUT2D eigenvalue weighted by atomic mass is 35.5. The molecule has 0 spiro atoms. The molecule has 1 aromatic heterocycles. The number of rotatable bonds is 5. The minimum atomic E-state index is 0.269. The summed E-state index contributed by atoms with van der Waals surface area (Å²) in [4.78, 5) is 0. The Morgan fingerprint density at radius 2 is 2.21 bits per heavy atom. The highest BCUT2D eigenvalue weighted by Crippen LogP contribution is 2.25. The number of nitrogens with zero attached hydrogens (tertiary/aromatic N) is 2. The largest absolute Gasteiger partial charge is 0.372 e. The quantitative estimate of drug-likeness (QED) is 0.905. The van der Waals surface area contributed by atoms with Gasteiger partial charge in [0.15, 0.2) is 0 Å². The summed E-state index contributed by atoms with van der Waals surface area (Å²) in [6, 6.07) is 0.288. The maximum Gasteiger partial charge on any atom is 0.0903 e. The summed E-state index contributed by atoms with van der Waals surface area (Å²) >= 11 is 6.37. The average Bonchev–Trinajstić information content (AvgIpc) is 2.72. The van der Waals surface area contributed by atoms with Crippen LogP contribution in [0.25, 0.3) is 0 Å². The van der Waals surface area contributed by atoms with Crippen LogP contribution in [0, 0.1) is 0 Å². The lowest BCUT2D eigenvalue weighted by molar-refractivity contribution is 0.00914. The Hall–Kier alpha value is -0.580. The second-order valence-corrected chi connectivity index (χ2v) is 5.61. The van der Waals surface area contributed by atoms with Crippen molar-refractivity contribution in [1.29, 1.82) is 0 Å². The van der Waals surface area contributed by atoms with Crippen LogP contribution in [0.4, 0.5) is 0 Å². The molecular formula is C14H24ClN3O. The number of aryl methyl sites for hydroxylation is 2. The van der Waals surface area contributed by atoms with Crippen LogP contribution in [0.1, 0.15) is 50.9 Å². The van der Waals surface area contributed by atoms with Crippen LogP contribution in [-0.4, -0.2) is 21.9 Å². The minimum absolute atomic E-state index is 0.269. The van der Waals surface area contributed by atoms with Crippen molar-refractivity contribution in [3.05, 3.63) is 16.4 Å². The molecule has 19 heavy (non-hydrogen) atoms.